The van der Waals surface area contributed by atoms with Crippen LogP contribution in [0.2, 0.25) is 0 Å². The van der Waals surface area contributed by atoms with Gasteiger partial charge in [0.2, 0.25) is 0 Å². The summed E-state index contributed by atoms with van der Waals surface area (Å²) in [6.07, 6.45) is 0. The summed E-state index contributed by atoms with van der Waals surface area (Å²) in [6.45, 7) is 0. The van der Waals surface area contributed by atoms with Crippen molar-refractivity contribution in [2.75, 3.05) is 7.11 Å². The Morgan fingerprint density at radius 2 is 2.10 bits per heavy atom. The number of ether oxygens (including phenoxy) is 2. The SMILES string of the molecule is COc1cccc(C(=O)O)c1Oc1ccc(C#N)c(Br)c1. The normalized spacial score (nSPS) is 9.76. The van der Waals surface area contributed by atoms with E-state index in [2.05, 4.69) is 15.9 Å². The highest BCUT2D eigenvalue weighted by Gasteiger charge is 2.17. The molecule has 0 atom stereocenters. The van der Waals surface area contributed by atoms with E-state index in [1.807, 2.05) is 6.07 Å². The Hall–Kier alpha value is -2.52. The zero-order valence-electron chi connectivity index (χ0n) is 11.0. The molecule has 0 aliphatic heterocycles. The molecule has 0 fully saturated rings. The number of nitriles is 1. The molecule has 0 heterocycles. The molecule has 6 heteroatoms. The summed E-state index contributed by atoms with van der Waals surface area (Å²) in [5, 5.41) is 18.1. The number of benzene rings is 2. The van der Waals surface area contributed by atoms with Gasteiger partial charge in [-0.05, 0) is 46.3 Å². The molecule has 0 bridgehead atoms. The second-order valence-electron chi connectivity index (χ2n) is 4.00. The zero-order valence-corrected chi connectivity index (χ0v) is 12.5. The number of para-hydroxylation sites is 1. The average molecular weight is 348 g/mol. The number of hydrogen-bond acceptors (Lipinski definition) is 4. The van der Waals surface area contributed by atoms with Crippen LogP contribution in [-0.2, 0) is 0 Å². The van der Waals surface area contributed by atoms with E-state index in [-0.39, 0.29) is 11.3 Å². The first kappa shape index (κ1) is 14.9. The summed E-state index contributed by atoms with van der Waals surface area (Å²) < 4.78 is 11.3. The average Bonchev–Trinajstić information content (AvgIpc) is 2.47. The highest BCUT2D eigenvalue weighted by molar-refractivity contribution is 9.10. The van der Waals surface area contributed by atoms with E-state index in [0.29, 0.717) is 21.5 Å². The number of nitrogens with zero attached hydrogens (tertiary/aromatic N) is 1. The van der Waals surface area contributed by atoms with Gasteiger partial charge in [0.05, 0.1) is 12.7 Å². The van der Waals surface area contributed by atoms with Gasteiger partial charge in [-0.25, -0.2) is 4.79 Å². The summed E-state index contributed by atoms with van der Waals surface area (Å²) in [6, 6.07) is 11.4. The molecular weight excluding hydrogens is 338 g/mol. The number of halogens is 1. The summed E-state index contributed by atoms with van der Waals surface area (Å²) in [7, 11) is 1.43. The molecule has 21 heavy (non-hydrogen) atoms. The lowest BCUT2D eigenvalue weighted by atomic mass is 10.2. The molecule has 2 aromatic rings. The van der Waals surface area contributed by atoms with Crippen molar-refractivity contribution in [2.24, 2.45) is 0 Å². The van der Waals surface area contributed by atoms with Gasteiger partial charge in [-0.15, -0.1) is 0 Å². The van der Waals surface area contributed by atoms with E-state index in [1.54, 1.807) is 30.3 Å². The molecule has 2 aromatic carbocycles. The molecule has 0 amide bonds. The Bertz CT molecular complexity index is 737. The highest BCUT2D eigenvalue weighted by Crippen LogP contribution is 2.36. The molecule has 5 nitrogen and oxygen atoms in total. The van der Waals surface area contributed by atoms with Crippen molar-refractivity contribution < 1.29 is 19.4 Å². The lowest BCUT2D eigenvalue weighted by Gasteiger charge is -2.13. The van der Waals surface area contributed by atoms with Gasteiger partial charge < -0.3 is 14.6 Å². The fraction of sp³-hybridized carbons (Fsp3) is 0.0667. The number of aromatic carboxylic acids is 1. The van der Waals surface area contributed by atoms with Crippen molar-refractivity contribution in [3.63, 3.8) is 0 Å². The third-order valence-corrected chi connectivity index (χ3v) is 3.37. The molecule has 0 saturated heterocycles. The molecular formula is C15H10BrNO4. The summed E-state index contributed by atoms with van der Waals surface area (Å²) in [5.41, 5.74) is 0.454. The zero-order chi connectivity index (χ0) is 15.4. The Morgan fingerprint density at radius 1 is 1.33 bits per heavy atom. The van der Waals surface area contributed by atoms with Crippen LogP contribution in [0.5, 0.6) is 17.2 Å². The van der Waals surface area contributed by atoms with Crippen LogP contribution in [0.4, 0.5) is 0 Å². The number of carboxylic acid groups (broad SMARTS) is 1. The van der Waals surface area contributed by atoms with Crippen LogP contribution >= 0.6 is 15.9 Å². The molecule has 0 radical (unpaired) electrons. The standard InChI is InChI=1S/C15H10BrNO4/c1-20-13-4-2-3-11(15(18)19)14(13)21-10-6-5-9(8-17)12(16)7-10/h2-7H,1H3,(H,18,19). The Morgan fingerprint density at radius 3 is 2.67 bits per heavy atom. The lowest BCUT2D eigenvalue weighted by Crippen LogP contribution is -2.02. The molecule has 1 N–H and O–H groups in total. The number of carboxylic acids is 1. The summed E-state index contributed by atoms with van der Waals surface area (Å²) >= 11 is 3.25. The van der Waals surface area contributed by atoms with Gasteiger partial charge in [-0.2, -0.15) is 5.26 Å². The number of hydrogen-bond donors (Lipinski definition) is 1. The molecule has 0 aliphatic rings. The van der Waals surface area contributed by atoms with Crippen molar-refractivity contribution >= 4 is 21.9 Å². The van der Waals surface area contributed by atoms with Crippen LogP contribution in [0.1, 0.15) is 15.9 Å². The molecule has 0 saturated carbocycles. The quantitative estimate of drug-likeness (QED) is 0.909. The number of carbonyl (C=O) groups is 1. The second kappa shape index (κ2) is 6.29. The summed E-state index contributed by atoms with van der Waals surface area (Å²) in [4.78, 5) is 11.3. The minimum absolute atomic E-state index is 0.00479. The van der Waals surface area contributed by atoms with Crippen LogP contribution in [-0.4, -0.2) is 18.2 Å². The van der Waals surface area contributed by atoms with Gasteiger partial charge in [0.25, 0.3) is 0 Å². The van der Waals surface area contributed by atoms with Crippen LogP contribution in [0.25, 0.3) is 0 Å². The van der Waals surface area contributed by atoms with Gasteiger partial charge in [0, 0.05) is 4.47 Å². The van der Waals surface area contributed by atoms with E-state index in [1.165, 1.54) is 13.2 Å². The predicted octanol–water partition coefficient (Wildman–Crippen LogP) is 3.82. The third-order valence-electron chi connectivity index (χ3n) is 2.71. The van der Waals surface area contributed by atoms with E-state index in [9.17, 15) is 9.90 Å². The van der Waals surface area contributed by atoms with Crippen LogP contribution in [0.3, 0.4) is 0 Å². The Balaban J connectivity index is 2.46. The van der Waals surface area contributed by atoms with Crippen molar-refractivity contribution in [2.45, 2.75) is 0 Å². The number of rotatable bonds is 4. The lowest BCUT2D eigenvalue weighted by molar-refractivity contribution is 0.0693. The van der Waals surface area contributed by atoms with Gasteiger partial charge in [-0.1, -0.05) is 6.07 Å². The Kier molecular flexibility index (Phi) is 4.45. The van der Waals surface area contributed by atoms with E-state index < -0.39 is 5.97 Å². The molecule has 0 spiro atoms. The van der Waals surface area contributed by atoms with Gasteiger partial charge in [0.1, 0.15) is 17.4 Å². The predicted molar refractivity (Wildman–Crippen MR) is 78.9 cm³/mol. The molecule has 0 unspecified atom stereocenters. The van der Waals surface area contributed by atoms with Crippen LogP contribution < -0.4 is 9.47 Å². The fourth-order valence-corrected chi connectivity index (χ4v) is 2.16. The first-order valence-electron chi connectivity index (χ1n) is 5.84. The van der Waals surface area contributed by atoms with Crippen molar-refractivity contribution in [1.82, 2.24) is 0 Å². The largest absolute Gasteiger partial charge is 0.493 e. The topological polar surface area (TPSA) is 79.6 Å². The first-order valence-corrected chi connectivity index (χ1v) is 6.64. The molecule has 106 valence electrons. The minimum Gasteiger partial charge on any atom is -0.493 e. The maximum absolute atomic E-state index is 11.3. The smallest absolute Gasteiger partial charge is 0.339 e. The third kappa shape index (κ3) is 3.15. The maximum Gasteiger partial charge on any atom is 0.339 e. The molecule has 0 aliphatic carbocycles. The van der Waals surface area contributed by atoms with Crippen molar-refractivity contribution in [3.8, 4) is 23.3 Å². The van der Waals surface area contributed by atoms with E-state index >= 15 is 0 Å². The fourth-order valence-electron chi connectivity index (χ4n) is 1.72. The maximum atomic E-state index is 11.3. The number of methoxy groups -OCH3 is 1. The second-order valence-corrected chi connectivity index (χ2v) is 4.85. The van der Waals surface area contributed by atoms with Crippen LogP contribution in [0, 0.1) is 11.3 Å². The first-order chi connectivity index (χ1) is 10.1. The van der Waals surface area contributed by atoms with E-state index in [0.717, 1.165) is 0 Å². The van der Waals surface area contributed by atoms with E-state index in [4.69, 9.17) is 14.7 Å². The van der Waals surface area contributed by atoms with Gasteiger partial charge in [0.15, 0.2) is 11.5 Å². The van der Waals surface area contributed by atoms with Gasteiger partial charge in [-0.3, -0.25) is 0 Å². The van der Waals surface area contributed by atoms with Gasteiger partial charge >= 0.3 is 5.97 Å². The molecule has 0 aromatic heterocycles. The van der Waals surface area contributed by atoms with Crippen molar-refractivity contribution in [3.05, 3.63) is 52.0 Å². The van der Waals surface area contributed by atoms with Crippen molar-refractivity contribution in [1.29, 1.82) is 5.26 Å². The Labute approximate surface area is 129 Å². The van der Waals surface area contributed by atoms with Crippen LogP contribution in [0.15, 0.2) is 40.9 Å². The molecule has 2 rings (SSSR count). The monoisotopic (exact) mass is 347 g/mol. The highest BCUT2D eigenvalue weighted by atomic mass is 79.9. The minimum atomic E-state index is -1.11. The summed E-state index contributed by atoms with van der Waals surface area (Å²) in [5.74, 6) is -0.288.